The molecule has 1 aliphatic rings. The fraction of sp³-hybridized carbons (Fsp3) is 0.902. The number of Topliss-reactive ketones (excluding diaryl/α,β-unsaturated/α-hetero) is 4. The van der Waals surface area contributed by atoms with Gasteiger partial charge in [0, 0.05) is 25.7 Å². The van der Waals surface area contributed by atoms with Gasteiger partial charge in [-0.1, -0.05) is 181 Å². The lowest BCUT2D eigenvalue weighted by molar-refractivity contribution is -0.202. The van der Waals surface area contributed by atoms with E-state index >= 15 is 0 Å². The summed E-state index contributed by atoms with van der Waals surface area (Å²) in [6.45, 7) is 4.47. The number of hydrogen-bond donors (Lipinski definition) is 3. The number of carbonyl (C=O) groups excluding carboxylic acids is 4. The van der Waals surface area contributed by atoms with E-state index in [0.29, 0.717) is 19.3 Å². The zero-order valence-corrected chi connectivity index (χ0v) is 31.2. The molecule has 0 radical (unpaired) electrons. The Morgan fingerprint density at radius 3 is 1.12 bits per heavy atom. The summed E-state index contributed by atoms with van der Waals surface area (Å²) in [4.78, 5) is 51.8. The van der Waals surface area contributed by atoms with Crippen LogP contribution in [-0.2, 0) is 19.2 Å². The third kappa shape index (κ3) is 16.1. The van der Waals surface area contributed by atoms with E-state index in [1.54, 1.807) is 0 Å². The van der Waals surface area contributed by atoms with Crippen LogP contribution < -0.4 is 0 Å². The first-order valence-electron chi connectivity index (χ1n) is 20.4. The van der Waals surface area contributed by atoms with Crippen molar-refractivity contribution in [2.45, 2.75) is 237 Å². The summed E-state index contributed by atoms with van der Waals surface area (Å²) in [7, 11) is 0. The first kappa shape index (κ1) is 44.6. The Bertz CT molecular complexity index is 868. The highest BCUT2D eigenvalue weighted by atomic mass is 16.4. The molecule has 0 spiro atoms. The summed E-state index contributed by atoms with van der Waals surface area (Å²) in [6.07, 6.45) is 28.6. The number of carbonyl (C=O) groups is 4. The van der Waals surface area contributed by atoms with Crippen molar-refractivity contribution in [2.24, 2.45) is 0 Å². The van der Waals surface area contributed by atoms with Gasteiger partial charge in [-0.2, -0.15) is 0 Å². The van der Waals surface area contributed by atoms with Crippen molar-refractivity contribution in [1.29, 1.82) is 0 Å². The summed E-state index contributed by atoms with van der Waals surface area (Å²) in [5, 5.41) is 33.7. The van der Waals surface area contributed by atoms with E-state index in [0.717, 1.165) is 44.9 Å². The molecule has 1 rings (SSSR count). The molecule has 0 aromatic rings. The third-order valence-corrected chi connectivity index (χ3v) is 10.6. The molecule has 48 heavy (non-hydrogen) atoms. The summed E-state index contributed by atoms with van der Waals surface area (Å²) < 4.78 is 0. The van der Waals surface area contributed by atoms with Crippen LogP contribution in [0.25, 0.3) is 0 Å². The van der Waals surface area contributed by atoms with Crippen molar-refractivity contribution < 1.29 is 34.5 Å². The molecule has 0 aromatic heterocycles. The summed E-state index contributed by atoms with van der Waals surface area (Å²) in [5.41, 5.74) is -6.23. The number of aliphatic hydroxyl groups is 3. The zero-order valence-electron chi connectivity index (χ0n) is 31.2. The topological polar surface area (TPSA) is 129 Å². The lowest BCUT2D eigenvalue weighted by Crippen LogP contribution is -2.72. The summed E-state index contributed by atoms with van der Waals surface area (Å²) in [6, 6.07) is 0. The monoisotopic (exact) mass is 679 g/mol. The van der Waals surface area contributed by atoms with Crippen molar-refractivity contribution in [2.75, 3.05) is 0 Å². The second-order valence-corrected chi connectivity index (χ2v) is 14.8. The predicted molar refractivity (Wildman–Crippen MR) is 195 cm³/mol. The average Bonchev–Trinajstić information content (AvgIpc) is 3.35. The largest absolute Gasteiger partial charge is 0.382 e. The molecule has 280 valence electrons. The Kier molecular flexibility index (Phi) is 25.4. The lowest BCUT2D eigenvalue weighted by Gasteiger charge is -2.40. The van der Waals surface area contributed by atoms with Gasteiger partial charge in [0.15, 0.2) is 34.8 Å². The van der Waals surface area contributed by atoms with E-state index in [1.807, 2.05) is 0 Å². The minimum absolute atomic E-state index is 0.0913. The van der Waals surface area contributed by atoms with Gasteiger partial charge < -0.3 is 15.3 Å². The van der Waals surface area contributed by atoms with Gasteiger partial charge in [-0.25, -0.2) is 0 Å². The Hall–Kier alpha value is -1.44. The Morgan fingerprint density at radius 1 is 0.542 bits per heavy atom. The molecule has 0 aromatic carbocycles. The van der Waals surface area contributed by atoms with Crippen LogP contribution in [0.2, 0.25) is 0 Å². The van der Waals surface area contributed by atoms with E-state index in [-0.39, 0.29) is 25.7 Å². The molecule has 3 N–H and O–H groups in total. The van der Waals surface area contributed by atoms with Crippen LogP contribution >= 0.6 is 0 Å². The molecule has 7 nitrogen and oxygen atoms in total. The van der Waals surface area contributed by atoms with Gasteiger partial charge in [0.1, 0.15) is 0 Å². The highest BCUT2D eigenvalue weighted by Gasteiger charge is 2.69. The molecule has 0 saturated heterocycles. The summed E-state index contributed by atoms with van der Waals surface area (Å²) in [5.74, 6) is -3.83. The van der Waals surface area contributed by atoms with Crippen molar-refractivity contribution in [3.63, 3.8) is 0 Å². The molecule has 1 aliphatic carbocycles. The van der Waals surface area contributed by atoms with Gasteiger partial charge in [-0.05, 0) is 12.8 Å². The van der Waals surface area contributed by atoms with Crippen LogP contribution in [0.4, 0.5) is 0 Å². The molecule has 1 saturated carbocycles. The maximum absolute atomic E-state index is 13.4. The van der Waals surface area contributed by atoms with E-state index in [4.69, 9.17) is 0 Å². The zero-order chi connectivity index (χ0) is 35.5. The van der Waals surface area contributed by atoms with Crippen LogP contribution in [0, 0.1) is 0 Å². The Labute approximate surface area is 293 Å². The molecular weight excluding hydrogens is 604 g/mol. The number of aliphatic hydroxyl groups excluding tert-OH is 1. The second kappa shape index (κ2) is 27.3. The number of unbranched alkanes of at least 4 members (excludes halogenated alkanes) is 26. The molecule has 0 bridgehead atoms. The number of hydrogen-bond acceptors (Lipinski definition) is 7. The number of rotatable bonds is 34. The third-order valence-electron chi connectivity index (χ3n) is 10.6. The standard InChI is InChI=1S/C41H74O7/c1-3-5-7-9-11-13-15-17-18-20-22-24-26-28-30-32-36(43)41(48,40(47)37(44)33-34-38(40)45)39(46)35(42)31-29-27-25-23-21-19-16-14-12-10-8-6-4-2/h39,46-48H,3-34H2,1-2H3. The smallest absolute Gasteiger partial charge is 0.220 e. The predicted octanol–water partition coefficient (Wildman–Crippen LogP) is 9.62. The fourth-order valence-electron chi connectivity index (χ4n) is 7.26. The molecule has 0 heterocycles. The van der Waals surface area contributed by atoms with Gasteiger partial charge >= 0.3 is 0 Å². The molecule has 2 unspecified atom stereocenters. The van der Waals surface area contributed by atoms with Gasteiger partial charge in [-0.15, -0.1) is 0 Å². The molecule has 1 fully saturated rings. The van der Waals surface area contributed by atoms with Crippen LogP contribution in [-0.4, -0.2) is 55.8 Å². The van der Waals surface area contributed by atoms with Gasteiger partial charge in [-0.3, -0.25) is 19.2 Å². The molecular formula is C41H74O7. The number of ketones is 4. The van der Waals surface area contributed by atoms with E-state index < -0.39 is 40.4 Å². The van der Waals surface area contributed by atoms with Crippen molar-refractivity contribution >= 4 is 23.1 Å². The maximum atomic E-state index is 13.4. The molecule has 7 heteroatoms. The van der Waals surface area contributed by atoms with Crippen molar-refractivity contribution in [1.82, 2.24) is 0 Å². The highest BCUT2D eigenvalue weighted by molar-refractivity contribution is 6.21. The maximum Gasteiger partial charge on any atom is 0.220 e. The summed E-state index contributed by atoms with van der Waals surface area (Å²) >= 11 is 0. The quantitative estimate of drug-likeness (QED) is 0.0456. The normalized spacial score (nSPS) is 16.4. The first-order valence-corrected chi connectivity index (χ1v) is 20.4. The van der Waals surface area contributed by atoms with Crippen molar-refractivity contribution in [3.8, 4) is 0 Å². The molecule has 0 aliphatic heterocycles. The molecule has 2 atom stereocenters. The SMILES string of the molecule is CCCCCCCCCCCCCCCCCC(=O)C(O)(C(O)C(=O)CCCCCCCCCCCCCCC)C1(O)C(=O)CCC1=O. The van der Waals surface area contributed by atoms with Crippen LogP contribution in [0.3, 0.4) is 0 Å². The Balaban J connectivity index is 2.41. The average molecular weight is 679 g/mol. The Morgan fingerprint density at radius 2 is 0.812 bits per heavy atom. The van der Waals surface area contributed by atoms with Gasteiger partial charge in [0.05, 0.1) is 0 Å². The van der Waals surface area contributed by atoms with E-state index in [9.17, 15) is 34.5 Å². The minimum atomic E-state index is -3.15. The fourth-order valence-corrected chi connectivity index (χ4v) is 7.26. The first-order chi connectivity index (χ1) is 23.2. The van der Waals surface area contributed by atoms with Gasteiger partial charge in [0.25, 0.3) is 0 Å². The van der Waals surface area contributed by atoms with E-state index in [1.165, 1.54) is 116 Å². The molecule has 0 amide bonds. The van der Waals surface area contributed by atoms with Gasteiger partial charge in [0.2, 0.25) is 5.60 Å². The van der Waals surface area contributed by atoms with Crippen molar-refractivity contribution in [3.05, 3.63) is 0 Å². The van der Waals surface area contributed by atoms with E-state index in [2.05, 4.69) is 13.8 Å². The van der Waals surface area contributed by atoms with Crippen LogP contribution in [0.5, 0.6) is 0 Å². The highest BCUT2D eigenvalue weighted by Crippen LogP contribution is 2.38. The van der Waals surface area contributed by atoms with Crippen LogP contribution in [0.1, 0.15) is 219 Å². The van der Waals surface area contributed by atoms with Crippen LogP contribution in [0.15, 0.2) is 0 Å². The minimum Gasteiger partial charge on any atom is -0.382 e. The lowest BCUT2D eigenvalue weighted by atomic mass is 9.70. The second-order valence-electron chi connectivity index (χ2n) is 14.8.